The maximum absolute atomic E-state index is 2.60. The molecule has 2 nitrogen and oxygen atoms in total. The van der Waals surface area contributed by atoms with Gasteiger partial charge in [-0.3, -0.25) is 0 Å². The van der Waals surface area contributed by atoms with E-state index >= 15 is 0 Å². The molecule has 0 fully saturated rings. The fourth-order valence-electron chi connectivity index (χ4n) is 10.8. The predicted octanol–water partition coefficient (Wildman–Crippen LogP) is 17.5. The Morgan fingerprint density at radius 3 is 0.969 bits per heavy atom. The summed E-state index contributed by atoms with van der Waals surface area (Å²) >= 11 is 0. The maximum atomic E-state index is 2.60. The second-order valence-electron chi connectivity index (χ2n) is 19.4. The zero-order chi connectivity index (χ0) is 44.5. The first-order valence-electron chi connectivity index (χ1n) is 23.0. The van der Waals surface area contributed by atoms with Gasteiger partial charge in [0.25, 0.3) is 0 Å². The van der Waals surface area contributed by atoms with Crippen LogP contribution in [0.5, 0.6) is 0 Å². The molecular weight excluding hydrogens is 785 g/mol. The second-order valence-corrected chi connectivity index (χ2v) is 19.4. The van der Waals surface area contributed by atoms with Gasteiger partial charge in [-0.1, -0.05) is 175 Å². The molecule has 0 aromatic heterocycles. The van der Waals surface area contributed by atoms with Gasteiger partial charge < -0.3 is 9.80 Å². The van der Waals surface area contributed by atoms with Crippen LogP contribution in [0.3, 0.4) is 0 Å². The molecule has 0 bridgehead atoms. The van der Waals surface area contributed by atoms with E-state index in [0.717, 1.165) is 34.1 Å². The Labute approximate surface area is 385 Å². The van der Waals surface area contributed by atoms with Crippen molar-refractivity contribution in [2.45, 2.75) is 57.8 Å². The Kier molecular flexibility index (Phi) is 9.55. The number of nitrogens with zero attached hydrogens (tertiary/aromatic N) is 2. The lowest BCUT2D eigenvalue weighted by Gasteiger charge is -2.49. The summed E-state index contributed by atoms with van der Waals surface area (Å²) in [4.78, 5) is 4.83. The molecule has 11 rings (SSSR count). The lowest BCUT2D eigenvalue weighted by atomic mass is 9.54. The molecule has 2 aliphatic rings. The first-order valence-corrected chi connectivity index (χ1v) is 23.0. The average molecular weight is 839 g/mol. The molecule has 0 unspecified atom stereocenters. The predicted molar refractivity (Wildman–Crippen MR) is 276 cm³/mol. The van der Waals surface area contributed by atoms with E-state index in [-0.39, 0.29) is 16.2 Å². The number of anilines is 6. The van der Waals surface area contributed by atoms with Crippen molar-refractivity contribution < 1.29 is 0 Å². The molecule has 0 spiro atoms. The van der Waals surface area contributed by atoms with Gasteiger partial charge in [0.05, 0.1) is 0 Å². The van der Waals surface area contributed by atoms with E-state index in [9.17, 15) is 0 Å². The topological polar surface area (TPSA) is 6.48 Å². The van der Waals surface area contributed by atoms with Crippen LogP contribution in [0.15, 0.2) is 218 Å². The molecule has 0 N–H and O–H groups in total. The van der Waals surface area contributed by atoms with Gasteiger partial charge in [-0.25, -0.2) is 0 Å². The van der Waals surface area contributed by atoms with Crippen molar-refractivity contribution >= 4 is 34.1 Å². The molecule has 65 heavy (non-hydrogen) atoms. The van der Waals surface area contributed by atoms with Gasteiger partial charge in [-0.2, -0.15) is 0 Å². The van der Waals surface area contributed by atoms with Crippen molar-refractivity contribution in [3.8, 4) is 44.5 Å². The molecule has 2 heteroatoms. The Bertz CT molecular complexity index is 3110. The molecule has 0 atom stereocenters. The van der Waals surface area contributed by atoms with Crippen molar-refractivity contribution in [2.75, 3.05) is 9.80 Å². The summed E-state index contributed by atoms with van der Waals surface area (Å²) in [5.74, 6) is 0. The number of rotatable bonds is 8. The lowest BCUT2D eigenvalue weighted by molar-refractivity contribution is 0.299. The first kappa shape index (κ1) is 40.4. The summed E-state index contributed by atoms with van der Waals surface area (Å²) in [5.41, 5.74) is 21.8. The van der Waals surface area contributed by atoms with Crippen molar-refractivity contribution in [3.05, 3.63) is 241 Å². The highest BCUT2D eigenvalue weighted by molar-refractivity contribution is 6.00. The molecular formula is C63H54N2. The summed E-state index contributed by atoms with van der Waals surface area (Å²) in [7, 11) is 0. The summed E-state index contributed by atoms with van der Waals surface area (Å²) in [6, 6.07) is 80.4. The Balaban J connectivity index is 1.19. The fourth-order valence-corrected chi connectivity index (χ4v) is 10.8. The van der Waals surface area contributed by atoms with Crippen LogP contribution in [0, 0.1) is 0 Å². The molecule has 9 aromatic carbocycles. The maximum Gasteiger partial charge on any atom is 0.0471 e. The third-order valence-electron chi connectivity index (χ3n) is 14.9. The van der Waals surface area contributed by atoms with Crippen molar-refractivity contribution in [1.82, 2.24) is 0 Å². The SMILES string of the molecule is CC1(C)c2cc3c(cc2-c2c(-c4ccccc4)cc(N(c4ccccc4)c4ccccc4)cc21)C(C)(C)C(C)(C)c1cc(N(c2ccccc2)c2ccccc2)cc(-c2ccccc2)c1-3. The van der Waals surface area contributed by atoms with Crippen LogP contribution >= 0.6 is 0 Å². The van der Waals surface area contributed by atoms with E-state index in [1.165, 1.54) is 66.8 Å². The Morgan fingerprint density at radius 1 is 0.262 bits per heavy atom. The smallest absolute Gasteiger partial charge is 0.0471 e. The zero-order valence-electron chi connectivity index (χ0n) is 38.2. The van der Waals surface area contributed by atoms with Gasteiger partial charge in [0.2, 0.25) is 0 Å². The monoisotopic (exact) mass is 838 g/mol. The number of para-hydroxylation sites is 4. The zero-order valence-corrected chi connectivity index (χ0v) is 38.2. The molecule has 9 aromatic rings. The van der Waals surface area contributed by atoms with Crippen LogP contribution in [-0.2, 0) is 16.2 Å². The lowest BCUT2D eigenvalue weighted by Crippen LogP contribution is -2.44. The first-order chi connectivity index (χ1) is 31.5. The van der Waals surface area contributed by atoms with Crippen LogP contribution < -0.4 is 9.80 Å². The minimum Gasteiger partial charge on any atom is -0.310 e. The van der Waals surface area contributed by atoms with E-state index in [0.29, 0.717) is 0 Å². The highest BCUT2D eigenvalue weighted by Crippen LogP contribution is 2.62. The van der Waals surface area contributed by atoms with Crippen LogP contribution in [0.2, 0.25) is 0 Å². The summed E-state index contributed by atoms with van der Waals surface area (Å²) in [6.45, 7) is 14.8. The average Bonchev–Trinajstić information content (AvgIpc) is 3.57. The highest BCUT2D eigenvalue weighted by Gasteiger charge is 2.49. The van der Waals surface area contributed by atoms with E-state index in [2.05, 4.69) is 270 Å². The second kappa shape index (κ2) is 15.4. The normalized spacial score (nSPS) is 14.7. The van der Waals surface area contributed by atoms with E-state index < -0.39 is 0 Å². The molecule has 2 aliphatic carbocycles. The number of hydrogen-bond donors (Lipinski definition) is 0. The van der Waals surface area contributed by atoms with E-state index in [4.69, 9.17) is 0 Å². The Hall–Kier alpha value is -7.42. The highest BCUT2D eigenvalue weighted by atomic mass is 15.1. The van der Waals surface area contributed by atoms with Crippen molar-refractivity contribution in [1.29, 1.82) is 0 Å². The number of benzene rings is 9. The summed E-state index contributed by atoms with van der Waals surface area (Å²) in [5, 5.41) is 0. The summed E-state index contributed by atoms with van der Waals surface area (Å²) in [6.07, 6.45) is 0. The molecule has 0 radical (unpaired) electrons. The fraction of sp³-hybridized carbons (Fsp3) is 0.143. The van der Waals surface area contributed by atoms with Gasteiger partial charge in [0, 0.05) is 39.5 Å². The minimum atomic E-state index is -0.306. The van der Waals surface area contributed by atoms with Crippen molar-refractivity contribution in [3.63, 3.8) is 0 Å². The molecule has 316 valence electrons. The van der Waals surface area contributed by atoms with Gasteiger partial charge in [-0.05, 0) is 163 Å². The molecule has 0 aliphatic heterocycles. The van der Waals surface area contributed by atoms with Gasteiger partial charge >= 0.3 is 0 Å². The molecule has 0 heterocycles. The van der Waals surface area contributed by atoms with Crippen LogP contribution in [0.4, 0.5) is 34.1 Å². The van der Waals surface area contributed by atoms with Crippen molar-refractivity contribution in [2.24, 2.45) is 0 Å². The van der Waals surface area contributed by atoms with Crippen LogP contribution in [-0.4, -0.2) is 0 Å². The standard InChI is InChI=1S/C63H54N2/c1-61(2)55-41-54-56(42-53(55)59-51(43-25-13-7-14-26-43)37-49(39-57(59)61)64(45-29-17-9-18-30-45)46-31-19-10-20-32-46)62(3,4)63(5,6)58-40-50(38-52(60(54)58)44-27-15-8-16-28-44)65(47-33-21-11-22-34-47)48-35-23-12-24-36-48/h7-42H,1-6H3. The van der Waals surface area contributed by atoms with Gasteiger partial charge in [-0.15, -0.1) is 0 Å². The van der Waals surface area contributed by atoms with Gasteiger partial charge in [0.1, 0.15) is 0 Å². The quantitative estimate of drug-likeness (QED) is 0.150. The number of fused-ring (bicyclic) bond motifs is 6. The number of hydrogen-bond acceptors (Lipinski definition) is 2. The molecule has 0 saturated carbocycles. The minimum absolute atomic E-state index is 0.238. The van der Waals surface area contributed by atoms with E-state index in [1.807, 2.05) is 0 Å². The van der Waals surface area contributed by atoms with E-state index in [1.54, 1.807) is 0 Å². The largest absolute Gasteiger partial charge is 0.310 e. The molecule has 0 amide bonds. The Morgan fingerprint density at radius 2 is 0.569 bits per heavy atom. The van der Waals surface area contributed by atoms with Gasteiger partial charge in [0.15, 0.2) is 0 Å². The van der Waals surface area contributed by atoms with Crippen LogP contribution in [0.25, 0.3) is 44.5 Å². The molecule has 0 saturated heterocycles. The third kappa shape index (κ3) is 6.46. The summed E-state index contributed by atoms with van der Waals surface area (Å²) < 4.78 is 0. The van der Waals surface area contributed by atoms with Crippen LogP contribution in [0.1, 0.15) is 63.8 Å². The third-order valence-corrected chi connectivity index (χ3v) is 14.9.